The first-order valence-corrected chi connectivity index (χ1v) is 11.2. The van der Waals surface area contributed by atoms with E-state index in [4.69, 9.17) is 0 Å². The van der Waals surface area contributed by atoms with Crippen LogP contribution in [0.15, 0.2) is 48.9 Å². The van der Waals surface area contributed by atoms with Crippen LogP contribution in [0.2, 0.25) is 0 Å². The maximum atomic E-state index is 15.1. The molecule has 164 valence electrons. The second-order valence-corrected chi connectivity index (χ2v) is 8.81. The van der Waals surface area contributed by atoms with E-state index in [1.807, 2.05) is 0 Å². The number of ketones is 1. The summed E-state index contributed by atoms with van der Waals surface area (Å²) in [6, 6.07) is 6.79. The Kier molecular flexibility index (Phi) is 5.66. The van der Waals surface area contributed by atoms with Gasteiger partial charge in [-0.2, -0.15) is 10.2 Å². The number of sulfonamides is 1. The molecule has 0 amide bonds. The molecule has 0 bridgehead atoms. The van der Waals surface area contributed by atoms with Crippen molar-refractivity contribution in [1.82, 2.24) is 20.2 Å². The minimum atomic E-state index is -3.84. The maximum absolute atomic E-state index is 15.1. The van der Waals surface area contributed by atoms with Gasteiger partial charge < -0.3 is 4.98 Å². The lowest BCUT2D eigenvalue weighted by Crippen LogP contribution is -2.18. The molecule has 3 aromatic heterocycles. The molecule has 4 rings (SSSR count). The van der Waals surface area contributed by atoms with Gasteiger partial charge in [0.1, 0.15) is 11.5 Å². The number of pyridine rings is 1. The molecule has 0 saturated heterocycles. The van der Waals surface area contributed by atoms with Crippen molar-refractivity contribution in [3.8, 4) is 11.3 Å². The number of halogens is 2. The molecule has 1 aromatic carbocycles. The van der Waals surface area contributed by atoms with Crippen molar-refractivity contribution in [1.29, 1.82) is 0 Å². The second kappa shape index (κ2) is 8.42. The van der Waals surface area contributed by atoms with E-state index in [2.05, 4.69) is 24.9 Å². The number of aromatic amines is 1. The molecule has 3 heterocycles. The quantitative estimate of drug-likeness (QED) is 0.409. The van der Waals surface area contributed by atoms with Crippen LogP contribution >= 0.6 is 0 Å². The number of nitrogens with one attached hydrogen (secondary N) is 2. The summed E-state index contributed by atoms with van der Waals surface area (Å²) in [6.45, 7) is 1.65. The average Bonchev–Trinajstić information content (AvgIpc) is 3.19. The van der Waals surface area contributed by atoms with Crippen molar-refractivity contribution in [3.05, 3.63) is 71.7 Å². The van der Waals surface area contributed by atoms with E-state index in [-0.39, 0.29) is 11.3 Å². The molecule has 0 unspecified atom stereocenters. The number of benzene rings is 1. The van der Waals surface area contributed by atoms with Crippen LogP contribution in [-0.2, 0) is 10.0 Å². The maximum Gasteiger partial charge on any atom is 0.232 e. The highest BCUT2D eigenvalue weighted by Crippen LogP contribution is 2.29. The Hall–Kier alpha value is -3.73. The van der Waals surface area contributed by atoms with Crippen molar-refractivity contribution < 1.29 is 22.0 Å². The third kappa shape index (κ3) is 4.06. The molecule has 8 nitrogen and oxygen atoms in total. The van der Waals surface area contributed by atoms with Gasteiger partial charge in [-0.3, -0.25) is 9.52 Å². The molecular formula is C21H17F2N5O3S. The SMILES string of the molecule is CCCS(=O)(=O)Nc1ccc(F)c(C(=O)c2c[nH]c3ncc(-c4cccnn4)cc23)c1F. The minimum Gasteiger partial charge on any atom is -0.345 e. The van der Waals surface area contributed by atoms with E-state index in [1.165, 1.54) is 18.6 Å². The largest absolute Gasteiger partial charge is 0.345 e. The van der Waals surface area contributed by atoms with Crippen LogP contribution in [-0.4, -0.2) is 40.1 Å². The zero-order valence-electron chi connectivity index (χ0n) is 16.8. The average molecular weight is 457 g/mol. The van der Waals surface area contributed by atoms with Gasteiger partial charge in [0.05, 0.1) is 22.7 Å². The number of carbonyl (C=O) groups is 1. The normalized spacial score (nSPS) is 11.6. The van der Waals surface area contributed by atoms with Gasteiger partial charge in [-0.05, 0) is 36.8 Å². The highest BCUT2D eigenvalue weighted by Gasteiger charge is 2.26. The Labute approximate surface area is 181 Å². The fourth-order valence-electron chi connectivity index (χ4n) is 3.25. The molecule has 11 heteroatoms. The summed E-state index contributed by atoms with van der Waals surface area (Å²) in [5, 5.41) is 8.12. The van der Waals surface area contributed by atoms with E-state index >= 15 is 4.39 Å². The molecule has 2 N–H and O–H groups in total. The Morgan fingerprint density at radius 2 is 2.03 bits per heavy atom. The number of hydrogen-bond acceptors (Lipinski definition) is 6. The molecule has 0 atom stereocenters. The fourth-order valence-corrected chi connectivity index (χ4v) is 4.38. The summed E-state index contributed by atoms with van der Waals surface area (Å²) in [5.41, 5.74) is 0.00703. The molecule has 0 spiro atoms. The summed E-state index contributed by atoms with van der Waals surface area (Å²) in [7, 11) is -3.84. The monoisotopic (exact) mass is 457 g/mol. The van der Waals surface area contributed by atoms with Crippen LogP contribution in [0.3, 0.4) is 0 Å². The van der Waals surface area contributed by atoms with E-state index in [0.29, 0.717) is 28.7 Å². The van der Waals surface area contributed by atoms with Gasteiger partial charge in [-0.25, -0.2) is 22.2 Å². The lowest BCUT2D eigenvalue weighted by atomic mass is 10.0. The zero-order chi connectivity index (χ0) is 22.9. The first kappa shape index (κ1) is 21.5. The fraction of sp³-hybridized carbons (Fsp3) is 0.143. The van der Waals surface area contributed by atoms with Crippen molar-refractivity contribution in [2.24, 2.45) is 0 Å². The summed E-state index contributed by atoms with van der Waals surface area (Å²) in [6.07, 6.45) is 4.64. The summed E-state index contributed by atoms with van der Waals surface area (Å²) in [4.78, 5) is 20.2. The molecule has 0 radical (unpaired) electrons. The number of anilines is 1. The van der Waals surface area contributed by atoms with Gasteiger partial charge in [0.15, 0.2) is 5.82 Å². The molecule has 4 aromatic rings. The highest BCUT2D eigenvalue weighted by molar-refractivity contribution is 7.92. The third-order valence-corrected chi connectivity index (χ3v) is 6.18. The zero-order valence-corrected chi connectivity index (χ0v) is 17.6. The molecule has 0 saturated carbocycles. The molecular weight excluding hydrogens is 440 g/mol. The first-order chi connectivity index (χ1) is 15.3. The molecule has 0 fully saturated rings. The molecule has 0 aliphatic carbocycles. The number of H-pyrrole nitrogens is 1. The number of nitrogens with zero attached hydrogens (tertiary/aromatic N) is 3. The van der Waals surface area contributed by atoms with Gasteiger partial charge >= 0.3 is 0 Å². The summed E-state index contributed by atoms with van der Waals surface area (Å²) in [5.74, 6) is -3.60. The smallest absolute Gasteiger partial charge is 0.232 e. The predicted octanol–water partition coefficient (Wildman–Crippen LogP) is 3.68. The van der Waals surface area contributed by atoms with Gasteiger partial charge in [0.2, 0.25) is 15.8 Å². The van der Waals surface area contributed by atoms with Crippen molar-refractivity contribution in [2.75, 3.05) is 10.5 Å². The predicted molar refractivity (Wildman–Crippen MR) is 115 cm³/mol. The Bertz CT molecular complexity index is 1420. The van der Waals surface area contributed by atoms with Crippen LogP contribution in [0, 0.1) is 11.6 Å². The topological polar surface area (TPSA) is 118 Å². The van der Waals surface area contributed by atoms with Gasteiger partial charge in [-0.1, -0.05) is 6.92 Å². The number of carbonyl (C=O) groups excluding carboxylic acids is 1. The first-order valence-electron chi connectivity index (χ1n) is 9.59. The minimum absolute atomic E-state index is 0.0235. The third-order valence-electron chi connectivity index (χ3n) is 4.70. The number of hydrogen-bond donors (Lipinski definition) is 2. The van der Waals surface area contributed by atoms with Crippen LogP contribution < -0.4 is 4.72 Å². The Morgan fingerprint density at radius 3 is 2.75 bits per heavy atom. The van der Waals surface area contributed by atoms with Crippen molar-refractivity contribution >= 4 is 32.5 Å². The Morgan fingerprint density at radius 1 is 1.22 bits per heavy atom. The van der Waals surface area contributed by atoms with E-state index in [0.717, 1.165) is 12.1 Å². The van der Waals surface area contributed by atoms with Crippen LogP contribution in [0.4, 0.5) is 14.5 Å². The summed E-state index contributed by atoms with van der Waals surface area (Å²) < 4.78 is 55.7. The standard InChI is InChI=1S/C21H17F2N5O3S/c1-2-8-32(30,31)28-17-6-5-15(22)18(19(17)23)20(29)14-11-25-21-13(14)9-12(10-24-21)16-4-3-7-26-27-16/h3-7,9-11,28H,2,8H2,1H3,(H,24,25). The van der Waals surface area contributed by atoms with Gasteiger partial charge in [0, 0.05) is 35.1 Å². The van der Waals surface area contributed by atoms with Crippen LogP contribution in [0.25, 0.3) is 22.3 Å². The van der Waals surface area contributed by atoms with Gasteiger partial charge in [-0.15, -0.1) is 0 Å². The number of fused-ring (bicyclic) bond motifs is 1. The van der Waals surface area contributed by atoms with Crippen LogP contribution in [0.1, 0.15) is 29.3 Å². The lowest BCUT2D eigenvalue weighted by Gasteiger charge is -2.11. The summed E-state index contributed by atoms with van der Waals surface area (Å²) >= 11 is 0. The van der Waals surface area contributed by atoms with Gasteiger partial charge in [0.25, 0.3) is 0 Å². The Balaban J connectivity index is 1.79. The van der Waals surface area contributed by atoms with E-state index < -0.39 is 38.7 Å². The lowest BCUT2D eigenvalue weighted by molar-refractivity contribution is 0.103. The molecule has 32 heavy (non-hydrogen) atoms. The number of rotatable bonds is 7. The second-order valence-electron chi connectivity index (χ2n) is 6.97. The van der Waals surface area contributed by atoms with Crippen molar-refractivity contribution in [3.63, 3.8) is 0 Å². The van der Waals surface area contributed by atoms with E-state index in [9.17, 15) is 17.6 Å². The molecule has 0 aliphatic rings. The highest BCUT2D eigenvalue weighted by atomic mass is 32.2. The van der Waals surface area contributed by atoms with Crippen molar-refractivity contribution in [2.45, 2.75) is 13.3 Å². The van der Waals surface area contributed by atoms with E-state index in [1.54, 1.807) is 25.1 Å². The van der Waals surface area contributed by atoms with Crippen LogP contribution in [0.5, 0.6) is 0 Å². The molecule has 0 aliphatic heterocycles. The number of aromatic nitrogens is 4.